The molecule has 0 saturated heterocycles. The summed E-state index contributed by atoms with van der Waals surface area (Å²) in [5, 5.41) is 0.784. The second-order valence-corrected chi connectivity index (χ2v) is 6.42. The molecule has 5 heteroatoms. The average Bonchev–Trinajstić information content (AvgIpc) is 3.13. The first-order chi connectivity index (χ1) is 12.2. The van der Waals surface area contributed by atoms with Crippen LogP contribution in [0.2, 0.25) is 0 Å². The van der Waals surface area contributed by atoms with Crippen LogP contribution < -0.4 is 0 Å². The molecular formula is C20H15FN2OS. The van der Waals surface area contributed by atoms with Crippen LogP contribution in [0.5, 0.6) is 0 Å². The van der Waals surface area contributed by atoms with E-state index in [9.17, 15) is 9.18 Å². The van der Waals surface area contributed by atoms with Gasteiger partial charge in [-0.15, -0.1) is 17.8 Å². The SMILES string of the molecule is C#CCN(Cc1ccc(F)cc1)C(=O)c1cnc(-c2ccccc2)s1. The summed E-state index contributed by atoms with van der Waals surface area (Å²) in [7, 11) is 0. The van der Waals surface area contributed by atoms with Gasteiger partial charge in [0.25, 0.3) is 5.91 Å². The van der Waals surface area contributed by atoms with Crippen LogP contribution in [0.3, 0.4) is 0 Å². The highest BCUT2D eigenvalue weighted by atomic mass is 32.1. The van der Waals surface area contributed by atoms with Crippen molar-refractivity contribution in [2.24, 2.45) is 0 Å². The van der Waals surface area contributed by atoms with E-state index < -0.39 is 0 Å². The molecule has 0 spiro atoms. The number of amides is 1. The third-order valence-corrected chi connectivity index (χ3v) is 4.63. The maximum atomic E-state index is 13.0. The Balaban J connectivity index is 1.80. The van der Waals surface area contributed by atoms with Crippen LogP contribution in [0.1, 0.15) is 15.2 Å². The number of nitrogens with zero attached hydrogens (tertiary/aromatic N) is 2. The molecule has 0 unspecified atom stereocenters. The Morgan fingerprint density at radius 3 is 2.56 bits per heavy atom. The van der Waals surface area contributed by atoms with Crippen LogP contribution in [0.4, 0.5) is 4.39 Å². The predicted octanol–water partition coefficient (Wildman–Crippen LogP) is 4.22. The summed E-state index contributed by atoms with van der Waals surface area (Å²) in [6, 6.07) is 15.7. The molecule has 0 aliphatic rings. The second-order valence-electron chi connectivity index (χ2n) is 5.39. The number of aromatic nitrogens is 1. The normalized spacial score (nSPS) is 10.2. The number of rotatable bonds is 5. The summed E-state index contributed by atoms with van der Waals surface area (Å²) in [4.78, 5) is 19.2. The molecule has 0 aliphatic carbocycles. The number of hydrogen-bond acceptors (Lipinski definition) is 3. The van der Waals surface area contributed by atoms with E-state index in [0.717, 1.165) is 16.1 Å². The van der Waals surface area contributed by atoms with Crippen molar-refractivity contribution < 1.29 is 9.18 Å². The van der Waals surface area contributed by atoms with Gasteiger partial charge in [0, 0.05) is 12.1 Å². The van der Waals surface area contributed by atoms with E-state index >= 15 is 0 Å². The minimum atomic E-state index is -0.312. The van der Waals surface area contributed by atoms with Gasteiger partial charge in [0.1, 0.15) is 15.7 Å². The molecule has 0 radical (unpaired) electrons. The van der Waals surface area contributed by atoms with E-state index in [4.69, 9.17) is 6.42 Å². The number of carbonyl (C=O) groups excluding carboxylic acids is 1. The summed E-state index contributed by atoms with van der Waals surface area (Å²) < 4.78 is 13.0. The van der Waals surface area contributed by atoms with Gasteiger partial charge >= 0.3 is 0 Å². The number of terminal acetylenes is 1. The number of benzene rings is 2. The van der Waals surface area contributed by atoms with Crippen molar-refractivity contribution in [3.63, 3.8) is 0 Å². The van der Waals surface area contributed by atoms with Gasteiger partial charge in [0.2, 0.25) is 0 Å². The molecule has 0 fully saturated rings. The summed E-state index contributed by atoms with van der Waals surface area (Å²) in [5.41, 5.74) is 1.78. The van der Waals surface area contributed by atoms with Crippen molar-refractivity contribution in [3.8, 4) is 22.9 Å². The molecule has 1 aromatic heterocycles. The third-order valence-electron chi connectivity index (χ3n) is 3.59. The highest BCUT2D eigenvalue weighted by Crippen LogP contribution is 2.26. The highest BCUT2D eigenvalue weighted by molar-refractivity contribution is 7.16. The quantitative estimate of drug-likeness (QED) is 0.645. The van der Waals surface area contributed by atoms with Gasteiger partial charge in [-0.2, -0.15) is 0 Å². The first-order valence-corrected chi connectivity index (χ1v) is 8.47. The molecule has 0 N–H and O–H groups in total. The van der Waals surface area contributed by atoms with Gasteiger partial charge in [-0.05, 0) is 17.7 Å². The molecule has 3 nitrogen and oxygen atoms in total. The van der Waals surface area contributed by atoms with Crippen molar-refractivity contribution in [1.82, 2.24) is 9.88 Å². The zero-order valence-electron chi connectivity index (χ0n) is 13.4. The van der Waals surface area contributed by atoms with Gasteiger partial charge in [-0.3, -0.25) is 4.79 Å². The number of carbonyl (C=O) groups is 1. The van der Waals surface area contributed by atoms with Gasteiger partial charge in [0.15, 0.2) is 0 Å². The maximum absolute atomic E-state index is 13.0. The first kappa shape index (κ1) is 16.9. The van der Waals surface area contributed by atoms with Crippen LogP contribution in [-0.2, 0) is 6.54 Å². The second kappa shape index (κ2) is 7.73. The molecule has 0 aliphatic heterocycles. The van der Waals surface area contributed by atoms with Gasteiger partial charge < -0.3 is 4.90 Å². The summed E-state index contributed by atoms with van der Waals surface area (Å²) in [6.07, 6.45) is 6.98. The summed E-state index contributed by atoms with van der Waals surface area (Å²) in [6.45, 7) is 0.497. The zero-order chi connectivity index (χ0) is 17.6. The Bertz CT molecular complexity index is 897. The molecule has 25 heavy (non-hydrogen) atoms. The zero-order valence-corrected chi connectivity index (χ0v) is 14.2. The van der Waals surface area contributed by atoms with Crippen molar-refractivity contribution in [2.75, 3.05) is 6.54 Å². The van der Waals surface area contributed by atoms with Gasteiger partial charge in [-0.25, -0.2) is 9.37 Å². The smallest absolute Gasteiger partial charge is 0.266 e. The Morgan fingerprint density at radius 2 is 1.88 bits per heavy atom. The van der Waals surface area contributed by atoms with Crippen LogP contribution >= 0.6 is 11.3 Å². The molecule has 3 rings (SSSR count). The average molecular weight is 350 g/mol. The third kappa shape index (κ3) is 4.11. The fraction of sp³-hybridized carbons (Fsp3) is 0.100. The molecule has 0 atom stereocenters. The molecule has 124 valence electrons. The van der Waals surface area contributed by atoms with E-state index in [1.54, 1.807) is 23.2 Å². The Kier molecular flexibility index (Phi) is 5.22. The van der Waals surface area contributed by atoms with Crippen molar-refractivity contribution in [1.29, 1.82) is 0 Å². The summed E-state index contributed by atoms with van der Waals surface area (Å²) in [5.74, 6) is 2.01. The lowest BCUT2D eigenvalue weighted by Gasteiger charge is -2.19. The molecule has 2 aromatic carbocycles. The summed E-state index contributed by atoms with van der Waals surface area (Å²) >= 11 is 1.33. The van der Waals surface area contributed by atoms with E-state index in [0.29, 0.717) is 11.4 Å². The van der Waals surface area contributed by atoms with Gasteiger partial charge in [0.05, 0.1) is 12.7 Å². The maximum Gasteiger partial charge on any atom is 0.266 e. The van der Waals surface area contributed by atoms with Crippen LogP contribution in [0, 0.1) is 18.2 Å². The lowest BCUT2D eigenvalue weighted by molar-refractivity contribution is 0.0770. The Morgan fingerprint density at radius 1 is 1.16 bits per heavy atom. The molecule has 0 saturated carbocycles. The van der Waals surface area contributed by atoms with Crippen LogP contribution in [0.15, 0.2) is 60.8 Å². The molecule has 1 amide bonds. The van der Waals surface area contributed by atoms with Crippen molar-refractivity contribution in [3.05, 3.63) is 77.1 Å². The Hall–Kier alpha value is -2.97. The number of thiazole rings is 1. The van der Waals surface area contributed by atoms with Crippen LogP contribution in [0.25, 0.3) is 10.6 Å². The van der Waals surface area contributed by atoms with E-state index in [1.165, 1.54) is 23.5 Å². The highest BCUT2D eigenvalue weighted by Gasteiger charge is 2.18. The van der Waals surface area contributed by atoms with Crippen molar-refractivity contribution >= 4 is 17.2 Å². The minimum Gasteiger partial charge on any atom is -0.322 e. The monoisotopic (exact) mass is 350 g/mol. The molecular weight excluding hydrogens is 335 g/mol. The fourth-order valence-electron chi connectivity index (χ4n) is 2.36. The topological polar surface area (TPSA) is 33.2 Å². The number of halogens is 1. The molecule has 3 aromatic rings. The minimum absolute atomic E-state index is 0.175. The first-order valence-electron chi connectivity index (χ1n) is 7.66. The van der Waals surface area contributed by atoms with E-state index in [1.807, 2.05) is 30.3 Å². The van der Waals surface area contributed by atoms with Crippen molar-refractivity contribution in [2.45, 2.75) is 6.54 Å². The molecule has 0 bridgehead atoms. The lowest BCUT2D eigenvalue weighted by atomic mass is 10.2. The largest absolute Gasteiger partial charge is 0.322 e. The van der Waals surface area contributed by atoms with E-state index in [2.05, 4.69) is 10.9 Å². The van der Waals surface area contributed by atoms with Crippen LogP contribution in [-0.4, -0.2) is 22.3 Å². The molecule has 1 heterocycles. The lowest BCUT2D eigenvalue weighted by Crippen LogP contribution is -2.30. The van der Waals surface area contributed by atoms with E-state index in [-0.39, 0.29) is 18.3 Å². The number of hydrogen-bond donors (Lipinski definition) is 0. The predicted molar refractivity (Wildman–Crippen MR) is 97.5 cm³/mol. The van der Waals surface area contributed by atoms with Gasteiger partial charge in [-0.1, -0.05) is 48.4 Å². The fourth-order valence-corrected chi connectivity index (χ4v) is 3.25. The Labute approximate surface area is 149 Å². The standard InChI is InChI=1S/C20H15FN2OS/c1-2-12-23(14-15-8-10-17(21)11-9-15)20(24)18-13-22-19(25-18)16-6-4-3-5-7-16/h1,3-11,13H,12,14H2.